The Morgan fingerprint density at radius 1 is 0.475 bits per heavy atom. The first-order valence-electron chi connectivity index (χ1n) is 27.6. The molecule has 2 fully saturated rings. The minimum absolute atomic E-state index is 0. The normalized spacial score (nSPS) is 13.8. The average molecular weight is 1090 g/mol. The molecule has 80 heavy (non-hydrogen) atoms. The molecular weight excluding hydrogens is 1010 g/mol. The van der Waals surface area contributed by atoms with Crippen LogP contribution in [0.2, 0.25) is 5.15 Å². The molecule has 0 saturated carbocycles. The van der Waals surface area contributed by atoms with E-state index >= 15 is 0 Å². The van der Waals surface area contributed by atoms with E-state index < -0.39 is 0 Å². The van der Waals surface area contributed by atoms with Gasteiger partial charge >= 0.3 is 0 Å². The summed E-state index contributed by atoms with van der Waals surface area (Å²) in [5.41, 5.74) is 20.9. The molecule has 12 rings (SSSR count). The molecule has 0 atom stereocenters. The lowest BCUT2D eigenvalue weighted by atomic mass is 10.1. The Hall–Kier alpha value is -8.01. The molecule has 10 aromatic rings. The number of nitrogens with zero attached hydrogens (tertiary/aromatic N) is 12. The number of hydrogen-bond acceptors (Lipinski definition) is 12. The summed E-state index contributed by atoms with van der Waals surface area (Å²) in [6, 6.07) is 53.7. The van der Waals surface area contributed by atoms with Crippen LogP contribution in [0.15, 0.2) is 170 Å². The lowest BCUT2D eigenvalue weighted by Crippen LogP contribution is -2.47. The lowest BCUT2D eigenvalue weighted by Gasteiger charge is -2.37. The highest BCUT2D eigenvalue weighted by Crippen LogP contribution is 2.32. The molecule has 6 aromatic carbocycles. The number of piperazine rings is 2. The summed E-state index contributed by atoms with van der Waals surface area (Å²) in [5.74, 6) is 2.44. The number of para-hydroxylation sites is 2. The van der Waals surface area contributed by atoms with Crippen LogP contribution in [0, 0.1) is 27.7 Å². The Morgan fingerprint density at radius 2 is 0.900 bits per heavy atom. The molecule has 2 saturated heterocycles. The zero-order valence-corrected chi connectivity index (χ0v) is 46.6. The van der Waals surface area contributed by atoms with E-state index in [-0.39, 0.29) is 7.43 Å². The van der Waals surface area contributed by atoms with Gasteiger partial charge in [0.05, 0.1) is 0 Å². The third-order valence-electron chi connectivity index (χ3n) is 15.1. The predicted octanol–water partition coefficient (Wildman–Crippen LogP) is 12.3. The third-order valence-corrected chi connectivity index (χ3v) is 15.4. The Balaban J connectivity index is 0.000000159. The van der Waals surface area contributed by atoms with E-state index in [1.54, 1.807) is 6.33 Å². The highest BCUT2D eigenvalue weighted by Gasteiger charge is 2.22. The molecule has 4 aromatic heterocycles. The van der Waals surface area contributed by atoms with E-state index in [9.17, 15) is 0 Å². The van der Waals surface area contributed by atoms with Crippen LogP contribution in [-0.2, 0) is 0 Å². The fourth-order valence-corrected chi connectivity index (χ4v) is 10.7. The fraction of sp³-hybridized carbons (Fsp3) is 0.292. The van der Waals surface area contributed by atoms with Gasteiger partial charge in [-0.25, -0.2) is 29.9 Å². The van der Waals surface area contributed by atoms with E-state index in [2.05, 4.69) is 143 Å². The number of nitrogens with two attached hydrogens (primary N) is 1. The van der Waals surface area contributed by atoms with Crippen LogP contribution in [0.3, 0.4) is 0 Å². The lowest BCUT2D eigenvalue weighted by molar-refractivity contribution is 0.256. The fourth-order valence-electron chi connectivity index (χ4n) is 10.5. The molecule has 0 bridgehead atoms. The number of imidazole rings is 2. The van der Waals surface area contributed by atoms with E-state index in [1.807, 2.05) is 102 Å². The van der Waals surface area contributed by atoms with E-state index in [0.717, 1.165) is 143 Å². The molecule has 2 aliphatic rings. The quantitative estimate of drug-likeness (QED) is 0.0792. The maximum atomic E-state index is 6.19. The molecule has 0 amide bonds. The molecule has 0 spiro atoms. The van der Waals surface area contributed by atoms with Gasteiger partial charge in [0.15, 0.2) is 27.8 Å². The van der Waals surface area contributed by atoms with Gasteiger partial charge in [0.2, 0.25) is 0 Å². The summed E-state index contributed by atoms with van der Waals surface area (Å²) in [7, 11) is 0. The predicted molar refractivity (Wildman–Crippen MR) is 332 cm³/mol. The number of halogens is 1. The summed E-state index contributed by atoms with van der Waals surface area (Å²) in [4.78, 5) is 37.5. The number of fused-ring (bicyclic) bond motifs is 2. The van der Waals surface area contributed by atoms with Crippen molar-refractivity contribution in [3.63, 3.8) is 0 Å². The Kier molecular flexibility index (Phi) is 19.3. The van der Waals surface area contributed by atoms with Crippen LogP contribution in [0.1, 0.15) is 42.5 Å². The van der Waals surface area contributed by atoms with Crippen molar-refractivity contribution in [1.82, 2.24) is 48.8 Å². The topological polar surface area (TPSA) is 138 Å². The second kappa shape index (κ2) is 27.2. The molecule has 15 heteroatoms. The highest BCUT2D eigenvalue weighted by atomic mass is 35.5. The molecule has 0 radical (unpaired) electrons. The smallest absolute Gasteiger partial charge is 0.170 e. The zero-order chi connectivity index (χ0) is 54.5. The van der Waals surface area contributed by atoms with Gasteiger partial charge in [0.1, 0.15) is 29.8 Å². The summed E-state index contributed by atoms with van der Waals surface area (Å²) in [6.45, 7) is 21.6. The first kappa shape index (κ1) is 56.7. The van der Waals surface area contributed by atoms with Crippen LogP contribution in [0.25, 0.3) is 56.5 Å². The number of nitrogens with one attached hydrogen (secondary N) is 1. The Morgan fingerprint density at radius 3 is 1.38 bits per heavy atom. The Bertz CT molecular complexity index is 3540. The summed E-state index contributed by atoms with van der Waals surface area (Å²) in [6.07, 6.45) is 5.25. The third kappa shape index (κ3) is 13.2. The molecule has 412 valence electrons. The van der Waals surface area contributed by atoms with Crippen LogP contribution >= 0.6 is 11.6 Å². The van der Waals surface area contributed by atoms with Gasteiger partial charge in [0.25, 0.3) is 0 Å². The van der Waals surface area contributed by atoms with Gasteiger partial charge in [-0.3, -0.25) is 18.9 Å². The van der Waals surface area contributed by atoms with Gasteiger partial charge in [-0.05, 0) is 119 Å². The summed E-state index contributed by atoms with van der Waals surface area (Å²) >= 11 is 6.19. The van der Waals surface area contributed by atoms with Crippen molar-refractivity contribution in [2.75, 3.05) is 93.7 Å². The van der Waals surface area contributed by atoms with Crippen LogP contribution < -0.4 is 20.9 Å². The van der Waals surface area contributed by atoms with Crippen LogP contribution in [0.4, 0.5) is 17.2 Å². The van der Waals surface area contributed by atoms with Crippen molar-refractivity contribution in [3.05, 3.63) is 198 Å². The monoisotopic (exact) mass is 1090 g/mol. The van der Waals surface area contributed by atoms with Crippen molar-refractivity contribution in [2.45, 2.75) is 48.0 Å². The molecular formula is C65H75ClN14. The molecule has 0 aliphatic carbocycles. The van der Waals surface area contributed by atoms with Gasteiger partial charge in [-0.2, -0.15) is 0 Å². The zero-order valence-electron chi connectivity index (χ0n) is 45.9. The summed E-state index contributed by atoms with van der Waals surface area (Å²) in [5, 5.41) is 3.91. The van der Waals surface area contributed by atoms with Crippen molar-refractivity contribution in [3.8, 4) is 34.2 Å². The first-order chi connectivity index (χ1) is 38.7. The maximum absolute atomic E-state index is 6.19. The first-order valence-corrected chi connectivity index (χ1v) is 28.0. The molecule has 2 aliphatic heterocycles. The molecule has 0 unspecified atom stereocenters. The minimum Gasteiger partial charge on any atom is -0.369 e. The number of anilines is 3. The summed E-state index contributed by atoms with van der Waals surface area (Å²) < 4.78 is 4.12. The second-order valence-electron chi connectivity index (χ2n) is 20.2. The van der Waals surface area contributed by atoms with Gasteiger partial charge in [0, 0.05) is 92.8 Å². The van der Waals surface area contributed by atoms with E-state index in [1.165, 1.54) is 40.0 Å². The number of aryl methyl sites for hydroxylation is 2. The standard InChI is InChI=1S/C32H35N7.C17H11ClN4.C15H25N3.CH4/c1-24-11-9-16-28(25(24)2)38-21-19-37(20-22-38)18-10-17-33-30-29-32(35-23-34-30)39(27-14-7-4-8-15-27)31(36-29)26-12-5-3-6-13-26;18-15-14-17(20-11-19-15)22(13-9-5-2-6-10-13)16(21-14)12-7-3-1-4-8-12;1-13-5-3-6-15(14(13)2)18-11-9-17(10-12-18)8-4-7-16;/h3-9,11-16,23H,10,17-22H2,1-2H3,(H,33,34,35);1-11H;3,5-6H,4,7-12,16H2,1-2H3;1H4. The van der Waals surface area contributed by atoms with E-state index in [4.69, 9.17) is 22.3 Å². The van der Waals surface area contributed by atoms with Crippen molar-refractivity contribution in [2.24, 2.45) is 5.73 Å². The van der Waals surface area contributed by atoms with Gasteiger partial charge < -0.3 is 20.9 Å². The minimum atomic E-state index is 0. The Labute approximate surface area is 477 Å². The number of rotatable bonds is 14. The number of hydrogen-bond donors (Lipinski definition) is 2. The SMILES string of the molecule is C.Cc1cccc(N2CCN(CCCN)CC2)c1C.Cc1cccc(N2CCN(CCCNc3ncnc4c3nc(-c3ccccc3)n4-c3ccccc3)CC2)c1C.Clc1ncnc2c1nc(-c1ccccc1)n2-c1ccccc1. The molecule has 14 nitrogen and oxygen atoms in total. The second-order valence-corrected chi connectivity index (χ2v) is 20.6. The van der Waals surface area contributed by atoms with Crippen LogP contribution in [0.5, 0.6) is 0 Å². The number of benzene rings is 6. The van der Waals surface area contributed by atoms with Gasteiger partial charge in [-0.1, -0.05) is 140 Å². The molecule has 6 heterocycles. The van der Waals surface area contributed by atoms with E-state index in [0.29, 0.717) is 16.3 Å². The van der Waals surface area contributed by atoms with Gasteiger partial charge in [-0.15, -0.1) is 0 Å². The van der Waals surface area contributed by atoms with Crippen LogP contribution in [-0.4, -0.2) is 127 Å². The highest BCUT2D eigenvalue weighted by molar-refractivity contribution is 6.33. The largest absolute Gasteiger partial charge is 0.369 e. The maximum Gasteiger partial charge on any atom is 0.170 e. The number of aromatic nitrogens is 8. The van der Waals surface area contributed by atoms with Crippen molar-refractivity contribution < 1.29 is 0 Å². The molecule has 3 N–H and O–H groups in total. The van der Waals surface area contributed by atoms with Crippen molar-refractivity contribution in [1.29, 1.82) is 0 Å². The van der Waals surface area contributed by atoms with Crippen molar-refractivity contribution >= 4 is 51.1 Å². The average Bonchev–Trinajstić information content (AvgIpc) is 4.19.